The molecule has 5 saturated carbocycles. The predicted octanol–water partition coefficient (Wildman–Crippen LogP) is 1.87. The topological polar surface area (TPSA) is 240 Å². The first-order valence-corrected chi connectivity index (χ1v) is 22.6. The van der Waals surface area contributed by atoms with E-state index >= 15 is 0 Å². The van der Waals surface area contributed by atoms with Gasteiger partial charge in [0.15, 0.2) is 24.8 Å². The second-order valence-electron chi connectivity index (χ2n) is 22.2. The Morgan fingerprint density at radius 1 is 0.754 bits per heavy atom. The van der Waals surface area contributed by atoms with Crippen LogP contribution >= 0.6 is 0 Å². The van der Waals surface area contributed by atoms with Crippen molar-refractivity contribution >= 4 is 11.9 Å². The molecule has 5 aliphatic carbocycles. The molecule has 0 amide bonds. The zero-order valence-electron chi connectivity index (χ0n) is 37.3. The largest absolute Gasteiger partial charge is 0.455 e. The molecule has 0 bridgehead atoms. The SMILES string of the molecule is CC(=O)O[C@@H]1[C@@H](OC(C)=O)[C@H](O[C@@H]2CC[C@]34C[C@]35CC[C@]3(C)[C@@H]([C@@]6(C)CC[C@@H](C(C)(C)O)O6)[C@@H](O)C[C@@]3(C)[C@@H]5C[C@H](O[C@H]3O[C@@H](CO)[C@H](O)[C@@H](O)[C@@H]3O)[C@@H]4C2(C)C)OC[C@H]1O. The molecule has 16 nitrogen and oxygen atoms in total. The van der Waals surface area contributed by atoms with Gasteiger partial charge in [0.1, 0.15) is 30.5 Å². The lowest BCUT2D eigenvalue weighted by atomic mass is 9.41. The van der Waals surface area contributed by atoms with E-state index in [2.05, 4.69) is 34.6 Å². The lowest BCUT2D eigenvalue weighted by molar-refractivity contribution is -0.339. The fourth-order valence-corrected chi connectivity index (χ4v) is 15.5. The van der Waals surface area contributed by atoms with Gasteiger partial charge in [0.2, 0.25) is 0 Å². The molecule has 0 aromatic heterocycles. The summed E-state index contributed by atoms with van der Waals surface area (Å²) in [5, 5.41) is 77.1. The molecular weight excluding hydrogens is 796 g/mol. The van der Waals surface area contributed by atoms with E-state index in [1.807, 2.05) is 0 Å². The minimum absolute atomic E-state index is 0.0638. The van der Waals surface area contributed by atoms with Gasteiger partial charge >= 0.3 is 11.9 Å². The summed E-state index contributed by atoms with van der Waals surface area (Å²) in [6, 6.07) is 0. The summed E-state index contributed by atoms with van der Waals surface area (Å²) in [5.74, 6) is -1.67. The highest BCUT2D eigenvalue weighted by Gasteiger charge is 2.85. The molecule has 16 heteroatoms. The maximum Gasteiger partial charge on any atom is 0.303 e. The highest BCUT2D eigenvalue weighted by molar-refractivity contribution is 5.67. The molecule has 0 aromatic rings. The van der Waals surface area contributed by atoms with Crippen molar-refractivity contribution in [1.82, 2.24) is 0 Å². The number of carbonyl (C=O) groups is 2. The van der Waals surface area contributed by atoms with E-state index < -0.39 is 109 Å². The molecule has 8 rings (SSSR count). The van der Waals surface area contributed by atoms with Crippen LogP contribution in [-0.2, 0) is 42.7 Å². The molecule has 0 unspecified atom stereocenters. The Hall–Kier alpha value is -1.54. The molecule has 3 heterocycles. The standard InChI is InChI=1S/C45H72O16/c1-21(47)56-33-24(50)19-55-38(34(33)57-22(2)48)60-28-11-13-45-20-44(45)15-14-41(7)35(43(9)12-10-29(61-43)40(5,6)54)23(49)17-42(41,8)27(44)16-25(36(45)39(28,3)4)58-37-32(53)31(52)30(51)26(18-46)59-37/h23-38,46,49-54H,10-20H2,1-9H3/t23-,24+,25-,26-,27-,28+,29-,30-,31+,32-,33-,34+,35-,36+,37-,38-,41+,42-,43+,44-,45+/m0/s1. The van der Waals surface area contributed by atoms with Crippen molar-refractivity contribution in [3.8, 4) is 0 Å². The van der Waals surface area contributed by atoms with Crippen molar-refractivity contribution in [2.75, 3.05) is 13.2 Å². The molecule has 2 spiro atoms. The molecule has 0 radical (unpaired) electrons. The van der Waals surface area contributed by atoms with Gasteiger partial charge in [-0.25, -0.2) is 0 Å². The molecule has 61 heavy (non-hydrogen) atoms. The van der Waals surface area contributed by atoms with Crippen LogP contribution in [0.1, 0.15) is 120 Å². The predicted molar refractivity (Wildman–Crippen MR) is 213 cm³/mol. The lowest BCUT2D eigenvalue weighted by Gasteiger charge is -2.65. The van der Waals surface area contributed by atoms with Crippen LogP contribution in [0.2, 0.25) is 0 Å². The van der Waals surface area contributed by atoms with E-state index in [4.69, 9.17) is 33.2 Å². The summed E-state index contributed by atoms with van der Waals surface area (Å²) in [6.07, 6.45) is -7.80. The van der Waals surface area contributed by atoms with Crippen molar-refractivity contribution in [3.05, 3.63) is 0 Å². The van der Waals surface area contributed by atoms with E-state index in [1.54, 1.807) is 13.8 Å². The van der Waals surface area contributed by atoms with Gasteiger partial charge in [0.05, 0.1) is 48.8 Å². The second kappa shape index (κ2) is 15.3. The molecule has 3 saturated heterocycles. The first-order chi connectivity index (χ1) is 28.3. The summed E-state index contributed by atoms with van der Waals surface area (Å²) >= 11 is 0. The van der Waals surface area contributed by atoms with Crippen LogP contribution in [0.25, 0.3) is 0 Å². The van der Waals surface area contributed by atoms with E-state index in [9.17, 15) is 45.3 Å². The van der Waals surface area contributed by atoms with Gasteiger partial charge in [-0.05, 0) is 117 Å². The summed E-state index contributed by atoms with van der Waals surface area (Å²) < 4.78 is 43.6. The zero-order chi connectivity index (χ0) is 44.6. The third-order valence-corrected chi connectivity index (χ3v) is 18.2. The highest BCUT2D eigenvalue weighted by Crippen LogP contribution is 2.89. The van der Waals surface area contributed by atoms with Crippen molar-refractivity contribution in [1.29, 1.82) is 0 Å². The van der Waals surface area contributed by atoms with Crippen molar-refractivity contribution in [3.63, 3.8) is 0 Å². The lowest BCUT2D eigenvalue weighted by Crippen LogP contribution is -2.65. The summed E-state index contributed by atoms with van der Waals surface area (Å²) in [4.78, 5) is 24.5. The van der Waals surface area contributed by atoms with Crippen molar-refractivity contribution in [2.24, 2.45) is 44.8 Å². The summed E-state index contributed by atoms with van der Waals surface area (Å²) in [5.41, 5.74) is -3.46. The highest BCUT2D eigenvalue weighted by atomic mass is 16.7. The molecule has 7 N–H and O–H groups in total. The van der Waals surface area contributed by atoms with Crippen LogP contribution in [0, 0.1) is 44.8 Å². The fourth-order valence-electron chi connectivity index (χ4n) is 15.5. The van der Waals surface area contributed by atoms with Gasteiger partial charge in [0, 0.05) is 19.8 Å². The van der Waals surface area contributed by atoms with Crippen molar-refractivity contribution < 1.29 is 78.5 Å². The Balaban J connectivity index is 1.15. The number of rotatable bonds is 9. The number of aliphatic hydroxyl groups is 7. The second-order valence-corrected chi connectivity index (χ2v) is 22.2. The smallest absolute Gasteiger partial charge is 0.303 e. The monoisotopic (exact) mass is 868 g/mol. The molecular formula is C45H72O16. The van der Waals surface area contributed by atoms with Crippen molar-refractivity contribution in [2.45, 2.75) is 211 Å². The molecule has 21 atom stereocenters. The van der Waals surface area contributed by atoms with Gasteiger partial charge in [-0.15, -0.1) is 0 Å². The Kier molecular flexibility index (Phi) is 11.5. The van der Waals surface area contributed by atoms with E-state index in [0.29, 0.717) is 25.7 Å². The van der Waals surface area contributed by atoms with Crippen LogP contribution in [-0.4, -0.2) is 152 Å². The van der Waals surface area contributed by atoms with Crippen LogP contribution < -0.4 is 0 Å². The van der Waals surface area contributed by atoms with E-state index in [-0.39, 0.29) is 52.1 Å². The Morgan fingerprint density at radius 3 is 2.05 bits per heavy atom. The Bertz CT molecular complexity index is 1680. The Morgan fingerprint density at radius 2 is 1.43 bits per heavy atom. The van der Waals surface area contributed by atoms with Gasteiger partial charge in [-0.2, -0.15) is 0 Å². The average Bonchev–Trinajstić information content (AvgIpc) is 3.52. The third-order valence-electron chi connectivity index (χ3n) is 18.2. The maximum atomic E-state index is 12.4. The van der Waals surface area contributed by atoms with E-state index in [1.165, 1.54) is 13.8 Å². The number of ether oxygens (including phenoxy) is 7. The van der Waals surface area contributed by atoms with Crippen LogP contribution in [0.3, 0.4) is 0 Å². The first kappa shape index (κ1) is 46.0. The molecule has 3 aliphatic heterocycles. The minimum atomic E-state index is -1.63. The number of carbonyl (C=O) groups excluding carboxylic acids is 2. The van der Waals surface area contributed by atoms with Gasteiger partial charge in [-0.3, -0.25) is 9.59 Å². The normalized spacial score (nSPS) is 53.8. The quantitative estimate of drug-likeness (QED) is 0.129. The third kappa shape index (κ3) is 6.89. The number of hydrogen-bond acceptors (Lipinski definition) is 16. The van der Waals surface area contributed by atoms with E-state index in [0.717, 1.165) is 32.1 Å². The van der Waals surface area contributed by atoms with Gasteiger partial charge in [-0.1, -0.05) is 27.7 Å². The minimum Gasteiger partial charge on any atom is -0.455 e. The van der Waals surface area contributed by atoms with Crippen LogP contribution in [0.15, 0.2) is 0 Å². The van der Waals surface area contributed by atoms with Gasteiger partial charge in [0.25, 0.3) is 0 Å². The molecule has 0 aromatic carbocycles. The summed E-state index contributed by atoms with van der Waals surface area (Å²) in [6.45, 7) is 16.1. The zero-order valence-corrected chi connectivity index (χ0v) is 37.3. The number of hydrogen-bond donors (Lipinski definition) is 7. The summed E-state index contributed by atoms with van der Waals surface area (Å²) in [7, 11) is 0. The number of aliphatic hydroxyl groups excluding tert-OH is 6. The number of esters is 2. The van der Waals surface area contributed by atoms with Crippen LogP contribution in [0.5, 0.6) is 0 Å². The number of fused-ring (bicyclic) bond motifs is 2. The fraction of sp³-hybridized carbons (Fsp3) is 0.956. The molecule has 348 valence electrons. The average molecular weight is 869 g/mol. The molecule has 8 fully saturated rings. The van der Waals surface area contributed by atoms with Crippen LogP contribution in [0.4, 0.5) is 0 Å². The first-order valence-electron chi connectivity index (χ1n) is 22.6. The Labute approximate surface area is 358 Å². The molecule has 8 aliphatic rings. The maximum absolute atomic E-state index is 12.4. The van der Waals surface area contributed by atoms with Gasteiger partial charge < -0.3 is 68.9 Å².